The second kappa shape index (κ2) is 6.22. The van der Waals surface area contributed by atoms with E-state index in [1.54, 1.807) is 6.07 Å². The molecule has 4 nitrogen and oxygen atoms in total. The van der Waals surface area contributed by atoms with E-state index in [1.165, 1.54) is 0 Å². The summed E-state index contributed by atoms with van der Waals surface area (Å²) in [5, 5.41) is 20.2. The van der Waals surface area contributed by atoms with Crippen molar-refractivity contribution >= 4 is 23.2 Å². The number of likely N-dealkylation sites (tertiary alicyclic amines) is 1. The first-order valence-electron chi connectivity index (χ1n) is 7.09. The van der Waals surface area contributed by atoms with Crippen molar-refractivity contribution in [2.45, 2.75) is 18.6 Å². The molecule has 118 valence electrons. The molecule has 6 heteroatoms. The highest BCUT2D eigenvalue weighted by Crippen LogP contribution is 2.34. The molecule has 1 aromatic heterocycles. The summed E-state index contributed by atoms with van der Waals surface area (Å²) in [5.41, 5.74) is -0.236. The van der Waals surface area contributed by atoms with Gasteiger partial charge >= 0.3 is 0 Å². The second-order valence-electron chi connectivity index (χ2n) is 5.71. The Morgan fingerprint density at radius 1 is 1.23 bits per heavy atom. The van der Waals surface area contributed by atoms with Crippen LogP contribution in [0.1, 0.15) is 12.2 Å². The van der Waals surface area contributed by atoms with Crippen LogP contribution >= 0.6 is 23.2 Å². The van der Waals surface area contributed by atoms with Crippen molar-refractivity contribution < 1.29 is 14.6 Å². The van der Waals surface area contributed by atoms with Crippen LogP contribution in [-0.4, -0.2) is 40.4 Å². The molecule has 2 N–H and O–H groups in total. The molecule has 2 heterocycles. The SMILES string of the molecule is OCC1(O)CCN(Cc2ccc(-c3cccc(Cl)c3Cl)o2)C1. The molecule has 0 spiro atoms. The van der Waals surface area contributed by atoms with Gasteiger partial charge in [-0.25, -0.2) is 0 Å². The number of benzene rings is 1. The molecule has 1 saturated heterocycles. The number of hydrogen-bond acceptors (Lipinski definition) is 4. The summed E-state index contributed by atoms with van der Waals surface area (Å²) >= 11 is 12.2. The fraction of sp³-hybridized carbons (Fsp3) is 0.375. The van der Waals surface area contributed by atoms with Gasteiger partial charge in [0.2, 0.25) is 0 Å². The van der Waals surface area contributed by atoms with Gasteiger partial charge in [-0.15, -0.1) is 0 Å². The molecule has 1 aliphatic rings. The van der Waals surface area contributed by atoms with Crippen LogP contribution in [0.4, 0.5) is 0 Å². The summed E-state index contributed by atoms with van der Waals surface area (Å²) < 4.78 is 5.84. The molecule has 0 bridgehead atoms. The Bertz CT molecular complexity index is 673. The Morgan fingerprint density at radius 2 is 2.05 bits per heavy atom. The van der Waals surface area contributed by atoms with Gasteiger partial charge in [0, 0.05) is 18.7 Å². The molecule has 0 aliphatic carbocycles. The van der Waals surface area contributed by atoms with E-state index in [4.69, 9.17) is 27.6 Å². The minimum atomic E-state index is -0.994. The number of nitrogens with zero attached hydrogens (tertiary/aromatic N) is 1. The van der Waals surface area contributed by atoms with Gasteiger partial charge in [-0.3, -0.25) is 4.90 Å². The molecule has 1 fully saturated rings. The molecule has 1 aliphatic heterocycles. The van der Waals surface area contributed by atoms with Crippen molar-refractivity contribution in [1.29, 1.82) is 0 Å². The van der Waals surface area contributed by atoms with Gasteiger partial charge in [0.05, 0.1) is 23.2 Å². The summed E-state index contributed by atoms with van der Waals surface area (Å²) in [5.74, 6) is 1.45. The predicted molar refractivity (Wildman–Crippen MR) is 86.1 cm³/mol. The molecule has 0 amide bonds. The molecule has 0 saturated carbocycles. The van der Waals surface area contributed by atoms with E-state index in [-0.39, 0.29) is 6.61 Å². The first-order chi connectivity index (χ1) is 10.5. The first kappa shape index (κ1) is 15.8. The quantitative estimate of drug-likeness (QED) is 0.896. The Hall–Kier alpha value is -1.04. The van der Waals surface area contributed by atoms with Crippen LogP contribution in [0.5, 0.6) is 0 Å². The van der Waals surface area contributed by atoms with Crippen molar-refractivity contribution in [2.24, 2.45) is 0 Å². The van der Waals surface area contributed by atoms with Crippen molar-refractivity contribution in [2.75, 3.05) is 19.7 Å². The molecule has 3 rings (SSSR count). The maximum Gasteiger partial charge on any atom is 0.135 e. The van der Waals surface area contributed by atoms with Crippen molar-refractivity contribution in [3.63, 3.8) is 0 Å². The Morgan fingerprint density at radius 3 is 2.77 bits per heavy atom. The Labute approximate surface area is 138 Å². The fourth-order valence-electron chi connectivity index (χ4n) is 2.73. The van der Waals surface area contributed by atoms with Gasteiger partial charge in [0.1, 0.15) is 17.1 Å². The van der Waals surface area contributed by atoms with Crippen molar-refractivity contribution in [3.05, 3.63) is 46.1 Å². The maximum absolute atomic E-state index is 10.0. The molecule has 22 heavy (non-hydrogen) atoms. The van der Waals surface area contributed by atoms with Crippen molar-refractivity contribution in [1.82, 2.24) is 4.90 Å². The number of aliphatic hydroxyl groups is 2. The summed E-state index contributed by atoms with van der Waals surface area (Å²) in [4.78, 5) is 2.05. The van der Waals surface area contributed by atoms with E-state index in [9.17, 15) is 10.2 Å². The molecule has 1 aromatic carbocycles. The third-order valence-corrected chi connectivity index (χ3v) is 4.78. The Balaban J connectivity index is 1.74. The second-order valence-corrected chi connectivity index (χ2v) is 6.50. The van der Waals surface area contributed by atoms with E-state index < -0.39 is 5.60 Å². The molecular weight excluding hydrogens is 325 g/mol. The third kappa shape index (κ3) is 3.16. The van der Waals surface area contributed by atoms with Crippen LogP contribution in [0, 0.1) is 0 Å². The summed E-state index contributed by atoms with van der Waals surface area (Å²) in [6.45, 7) is 1.54. The standard InChI is InChI=1S/C16H17Cl2NO3/c17-13-3-1-2-12(15(13)18)14-5-4-11(22-14)8-19-7-6-16(21,9-19)10-20/h1-5,20-21H,6-10H2. The van der Waals surface area contributed by atoms with Gasteiger partial charge in [0.15, 0.2) is 0 Å². The largest absolute Gasteiger partial charge is 0.460 e. The number of halogens is 2. The van der Waals surface area contributed by atoms with Crippen LogP contribution in [0.15, 0.2) is 34.7 Å². The number of β-amino-alcohol motifs (C(OH)–C–C–N with tert-alkyl or cyclic N) is 1. The van der Waals surface area contributed by atoms with E-state index in [0.717, 1.165) is 17.9 Å². The lowest BCUT2D eigenvalue weighted by molar-refractivity contribution is -0.00616. The smallest absolute Gasteiger partial charge is 0.135 e. The maximum atomic E-state index is 10.0. The van der Waals surface area contributed by atoms with Crippen molar-refractivity contribution in [3.8, 4) is 11.3 Å². The molecular formula is C16H17Cl2NO3. The number of aliphatic hydroxyl groups excluding tert-OH is 1. The van der Waals surface area contributed by atoms with E-state index >= 15 is 0 Å². The lowest BCUT2D eigenvalue weighted by Crippen LogP contribution is -2.36. The first-order valence-corrected chi connectivity index (χ1v) is 7.85. The zero-order valence-electron chi connectivity index (χ0n) is 11.9. The fourth-order valence-corrected chi connectivity index (χ4v) is 3.12. The van der Waals surface area contributed by atoms with Crippen LogP contribution in [0.2, 0.25) is 10.0 Å². The van der Waals surface area contributed by atoms with Crippen LogP contribution in [0.25, 0.3) is 11.3 Å². The van der Waals surface area contributed by atoms with Gasteiger partial charge < -0.3 is 14.6 Å². The molecule has 2 aromatic rings. The average molecular weight is 342 g/mol. The monoisotopic (exact) mass is 341 g/mol. The highest BCUT2D eigenvalue weighted by atomic mass is 35.5. The zero-order chi connectivity index (χ0) is 15.7. The highest BCUT2D eigenvalue weighted by Gasteiger charge is 2.35. The Kier molecular flexibility index (Phi) is 4.48. The lowest BCUT2D eigenvalue weighted by atomic mass is 10.1. The minimum Gasteiger partial charge on any atom is -0.460 e. The third-order valence-electron chi connectivity index (χ3n) is 3.96. The topological polar surface area (TPSA) is 56.8 Å². The number of rotatable bonds is 4. The van der Waals surface area contributed by atoms with Gasteiger partial charge in [-0.1, -0.05) is 29.3 Å². The number of furan rings is 1. The minimum absolute atomic E-state index is 0.217. The van der Waals surface area contributed by atoms with E-state index in [0.29, 0.717) is 35.3 Å². The van der Waals surface area contributed by atoms with E-state index in [2.05, 4.69) is 4.90 Å². The average Bonchev–Trinajstić information content (AvgIpc) is 3.10. The summed E-state index contributed by atoms with van der Waals surface area (Å²) in [6, 6.07) is 9.17. The van der Waals surface area contributed by atoms with Gasteiger partial charge in [0.25, 0.3) is 0 Å². The molecule has 0 radical (unpaired) electrons. The molecule has 1 atom stereocenters. The van der Waals surface area contributed by atoms with Crippen LogP contribution in [-0.2, 0) is 6.54 Å². The van der Waals surface area contributed by atoms with Gasteiger partial charge in [-0.05, 0) is 30.7 Å². The van der Waals surface area contributed by atoms with Crippen LogP contribution < -0.4 is 0 Å². The summed E-state index contributed by atoms with van der Waals surface area (Å²) in [7, 11) is 0. The lowest BCUT2D eigenvalue weighted by Gasteiger charge is -2.20. The van der Waals surface area contributed by atoms with Crippen LogP contribution in [0.3, 0.4) is 0 Å². The highest BCUT2D eigenvalue weighted by molar-refractivity contribution is 6.43. The molecule has 1 unspecified atom stereocenters. The van der Waals surface area contributed by atoms with E-state index in [1.807, 2.05) is 24.3 Å². The predicted octanol–water partition coefficient (Wildman–Crippen LogP) is 3.18. The number of hydrogen-bond donors (Lipinski definition) is 2. The zero-order valence-corrected chi connectivity index (χ0v) is 13.4. The van der Waals surface area contributed by atoms with Gasteiger partial charge in [-0.2, -0.15) is 0 Å². The summed E-state index contributed by atoms with van der Waals surface area (Å²) in [6.07, 6.45) is 0.567. The normalized spacial score (nSPS) is 22.4.